The molecular formula is C15H20N2O6S. The Kier molecular flexibility index (Phi) is 5.92. The molecule has 0 radical (unpaired) electrons. The number of carboxylic acids is 1. The van der Waals surface area contributed by atoms with E-state index in [2.05, 4.69) is 5.32 Å². The number of ether oxygens (including phenoxy) is 1. The SMILES string of the molecule is COCC(NC(=O)C1CCCN1S(=O)(=O)c1ccccc1)C(=O)O. The molecule has 1 heterocycles. The summed E-state index contributed by atoms with van der Waals surface area (Å²) in [5.74, 6) is -1.86. The van der Waals surface area contributed by atoms with Crippen molar-refractivity contribution in [2.45, 2.75) is 29.8 Å². The number of carboxylic acid groups (broad SMARTS) is 1. The molecule has 132 valence electrons. The lowest BCUT2D eigenvalue weighted by atomic mass is 10.2. The molecule has 0 aliphatic carbocycles. The van der Waals surface area contributed by atoms with Gasteiger partial charge in [-0.15, -0.1) is 0 Å². The van der Waals surface area contributed by atoms with Gasteiger partial charge < -0.3 is 15.2 Å². The van der Waals surface area contributed by atoms with Crippen molar-refractivity contribution < 1.29 is 27.9 Å². The summed E-state index contributed by atoms with van der Waals surface area (Å²) >= 11 is 0. The second-order valence-corrected chi connectivity index (χ2v) is 7.33. The number of benzene rings is 1. The highest BCUT2D eigenvalue weighted by molar-refractivity contribution is 7.89. The van der Waals surface area contributed by atoms with Gasteiger partial charge in [-0.3, -0.25) is 4.79 Å². The number of hydrogen-bond acceptors (Lipinski definition) is 5. The first-order chi connectivity index (χ1) is 11.4. The minimum Gasteiger partial charge on any atom is -0.480 e. The summed E-state index contributed by atoms with van der Waals surface area (Å²) in [4.78, 5) is 23.6. The molecular weight excluding hydrogens is 336 g/mol. The van der Waals surface area contributed by atoms with Crippen molar-refractivity contribution >= 4 is 21.9 Å². The Balaban J connectivity index is 2.18. The molecule has 1 aliphatic heterocycles. The van der Waals surface area contributed by atoms with Gasteiger partial charge in [0.05, 0.1) is 11.5 Å². The van der Waals surface area contributed by atoms with Crippen LogP contribution in [-0.2, 0) is 24.3 Å². The van der Waals surface area contributed by atoms with Gasteiger partial charge in [-0.1, -0.05) is 18.2 Å². The number of aliphatic carboxylic acids is 1. The number of amides is 1. The molecule has 2 N–H and O–H groups in total. The fourth-order valence-corrected chi connectivity index (χ4v) is 4.30. The van der Waals surface area contributed by atoms with Crippen LogP contribution in [0.2, 0.25) is 0 Å². The van der Waals surface area contributed by atoms with Gasteiger partial charge >= 0.3 is 5.97 Å². The zero-order valence-corrected chi connectivity index (χ0v) is 14.0. The number of carbonyl (C=O) groups excluding carboxylic acids is 1. The van der Waals surface area contributed by atoms with E-state index in [4.69, 9.17) is 9.84 Å². The molecule has 1 fully saturated rings. The fourth-order valence-electron chi connectivity index (χ4n) is 2.63. The predicted molar refractivity (Wildman–Crippen MR) is 84.8 cm³/mol. The Morgan fingerprint density at radius 3 is 2.62 bits per heavy atom. The van der Waals surface area contributed by atoms with Crippen molar-refractivity contribution in [3.8, 4) is 0 Å². The van der Waals surface area contributed by atoms with Gasteiger partial charge in [0.1, 0.15) is 6.04 Å². The monoisotopic (exact) mass is 356 g/mol. The summed E-state index contributed by atoms with van der Waals surface area (Å²) in [6.45, 7) is 0.0244. The van der Waals surface area contributed by atoms with Gasteiger partial charge in [-0.05, 0) is 25.0 Å². The maximum atomic E-state index is 12.7. The number of nitrogens with zero attached hydrogens (tertiary/aromatic N) is 1. The van der Waals surface area contributed by atoms with E-state index in [1.165, 1.54) is 19.2 Å². The van der Waals surface area contributed by atoms with E-state index in [0.717, 1.165) is 4.31 Å². The highest BCUT2D eigenvalue weighted by Gasteiger charge is 2.40. The maximum Gasteiger partial charge on any atom is 0.328 e. The highest BCUT2D eigenvalue weighted by atomic mass is 32.2. The van der Waals surface area contributed by atoms with Gasteiger partial charge in [-0.25, -0.2) is 13.2 Å². The molecule has 1 amide bonds. The molecule has 0 saturated carbocycles. The van der Waals surface area contributed by atoms with E-state index in [1.807, 2.05) is 0 Å². The summed E-state index contributed by atoms with van der Waals surface area (Å²) in [5.41, 5.74) is 0. The van der Waals surface area contributed by atoms with Crippen LogP contribution in [0.4, 0.5) is 0 Å². The molecule has 2 rings (SSSR count). The number of sulfonamides is 1. The first kappa shape index (κ1) is 18.4. The summed E-state index contributed by atoms with van der Waals surface area (Å²) in [5, 5.41) is 11.4. The Morgan fingerprint density at radius 2 is 2.04 bits per heavy atom. The van der Waals surface area contributed by atoms with Crippen LogP contribution >= 0.6 is 0 Å². The third-order valence-corrected chi connectivity index (χ3v) is 5.73. The van der Waals surface area contributed by atoms with Crippen molar-refractivity contribution in [3.05, 3.63) is 30.3 Å². The summed E-state index contributed by atoms with van der Waals surface area (Å²) in [7, 11) is -2.48. The zero-order chi connectivity index (χ0) is 17.7. The number of rotatable bonds is 7. The van der Waals surface area contributed by atoms with Crippen LogP contribution < -0.4 is 5.32 Å². The predicted octanol–water partition coefficient (Wildman–Crippen LogP) is 0.0555. The quantitative estimate of drug-likeness (QED) is 0.714. The molecule has 1 aliphatic rings. The maximum absolute atomic E-state index is 12.7. The Labute approximate surface area is 140 Å². The van der Waals surface area contributed by atoms with E-state index in [0.29, 0.717) is 12.8 Å². The lowest BCUT2D eigenvalue weighted by Gasteiger charge is -2.24. The van der Waals surface area contributed by atoms with Crippen LogP contribution in [-0.4, -0.2) is 62.1 Å². The Morgan fingerprint density at radius 1 is 1.38 bits per heavy atom. The van der Waals surface area contributed by atoms with Crippen LogP contribution in [0.25, 0.3) is 0 Å². The minimum absolute atomic E-state index is 0.108. The third kappa shape index (κ3) is 3.92. The molecule has 8 nitrogen and oxygen atoms in total. The lowest BCUT2D eigenvalue weighted by molar-refractivity contribution is -0.143. The Bertz CT molecular complexity index is 691. The number of carbonyl (C=O) groups is 2. The van der Waals surface area contributed by atoms with Crippen LogP contribution in [0.15, 0.2) is 35.2 Å². The van der Waals surface area contributed by atoms with Crippen molar-refractivity contribution in [2.24, 2.45) is 0 Å². The first-order valence-corrected chi connectivity index (χ1v) is 8.91. The zero-order valence-electron chi connectivity index (χ0n) is 13.2. The second-order valence-electron chi connectivity index (χ2n) is 5.44. The van der Waals surface area contributed by atoms with E-state index in [1.54, 1.807) is 18.2 Å². The molecule has 24 heavy (non-hydrogen) atoms. The number of nitrogens with one attached hydrogen (secondary N) is 1. The number of hydrogen-bond donors (Lipinski definition) is 2. The Hall–Kier alpha value is -1.97. The van der Waals surface area contributed by atoms with E-state index in [-0.39, 0.29) is 18.0 Å². The fraction of sp³-hybridized carbons (Fsp3) is 0.467. The largest absolute Gasteiger partial charge is 0.480 e. The van der Waals surface area contributed by atoms with Crippen LogP contribution in [0, 0.1) is 0 Å². The molecule has 1 saturated heterocycles. The topological polar surface area (TPSA) is 113 Å². The lowest BCUT2D eigenvalue weighted by Crippen LogP contribution is -2.52. The molecule has 9 heteroatoms. The van der Waals surface area contributed by atoms with Gasteiger partial charge in [0.25, 0.3) is 0 Å². The van der Waals surface area contributed by atoms with Crippen LogP contribution in [0.1, 0.15) is 12.8 Å². The molecule has 0 bridgehead atoms. The third-order valence-electron chi connectivity index (χ3n) is 3.80. The number of methoxy groups -OCH3 is 1. The van der Waals surface area contributed by atoms with E-state index >= 15 is 0 Å². The average molecular weight is 356 g/mol. The van der Waals surface area contributed by atoms with Gasteiger partial charge in [0, 0.05) is 13.7 Å². The standard InChI is InChI=1S/C15H20N2O6S/c1-23-10-12(15(19)20)16-14(18)13-8-5-9-17(13)24(21,22)11-6-3-2-4-7-11/h2-4,6-7,12-13H,5,8-10H2,1H3,(H,16,18)(H,19,20). The van der Waals surface area contributed by atoms with Gasteiger partial charge in [0.2, 0.25) is 15.9 Å². The van der Waals surface area contributed by atoms with Crippen molar-refractivity contribution in [1.82, 2.24) is 9.62 Å². The van der Waals surface area contributed by atoms with Gasteiger partial charge in [0.15, 0.2) is 6.04 Å². The molecule has 2 atom stereocenters. The van der Waals surface area contributed by atoms with Crippen LogP contribution in [0.5, 0.6) is 0 Å². The van der Waals surface area contributed by atoms with Crippen LogP contribution in [0.3, 0.4) is 0 Å². The van der Waals surface area contributed by atoms with Gasteiger partial charge in [-0.2, -0.15) is 4.31 Å². The molecule has 0 aromatic heterocycles. The van der Waals surface area contributed by atoms with E-state index < -0.39 is 34.0 Å². The smallest absolute Gasteiger partial charge is 0.328 e. The highest BCUT2D eigenvalue weighted by Crippen LogP contribution is 2.26. The van der Waals surface area contributed by atoms with Crippen molar-refractivity contribution in [2.75, 3.05) is 20.3 Å². The molecule has 2 unspecified atom stereocenters. The van der Waals surface area contributed by atoms with Crippen molar-refractivity contribution in [1.29, 1.82) is 0 Å². The summed E-state index contributed by atoms with van der Waals surface area (Å²) in [6.07, 6.45) is 0.878. The van der Waals surface area contributed by atoms with E-state index in [9.17, 15) is 18.0 Å². The normalized spacial score (nSPS) is 19.8. The second kappa shape index (κ2) is 7.73. The summed E-state index contributed by atoms with van der Waals surface area (Å²) in [6, 6.07) is 5.71. The minimum atomic E-state index is -3.81. The molecule has 1 aromatic carbocycles. The van der Waals surface area contributed by atoms with Crippen molar-refractivity contribution in [3.63, 3.8) is 0 Å². The first-order valence-electron chi connectivity index (χ1n) is 7.47. The summed E-state index contributed by atoms with van der Waals surface area (Å²) < 4.78 is 31.3. The average Bonchev–Trinajstić information content (AvgIpc) is 3.05. The molecule has 0 spiro atoms. The molecule has 1 aromatic rings.